The maximum Gasteiger partial charge on any atom is 0.289 e. The zero-order valence-corrected chi connectivity index (χ0v) is 5.98. The Labute approximate surface area is 59.4 Å². The summed E-state index contributed by atoms with van der Waals surface area (Å²) in [6.45, 7) is 0.800. The van der Waals surface area contributed by atoms with Crippen molar-refractivity contribution in [2.75, 3.05) is 6.61 Å². The molecule has 0 fully saturated rings. The van der Waals surface area contributed by atoms with Crippen molar-refractivity contribution in [1.82, 2.24) is 0 Å². The van der Waals surface area contributed by atoms with Gasteiger partial charge in [-0.15, -0.1) is 0 Å². The number of hydrogen-bond acceptors (Lipinski definition) is 1. The maximum atomic E-state index is 12.1. The number of halogens is 2. The van der Waals surface area contributed by atoms with Gasteiger partial charge in [0.05, 0.1) is 0 Å². The molecule has 0 heterocycles. The van der Waals surface area contributed by atoms with Gasteiger partial charge in [0, 0.05) is 0 Å². The number of aliphatic hydroxyl groups excluding tert-OH is 1. The van der Waals surface area contributed by atoms with Gasteiger partial charge in [0.2, 0.25) is 0 Å². The van der Waals surface area contributed by atoms with E-state index in [-0.39, 0.29) is 0 Å². The summed E-state index contributed by atoms with van der Waals surface area (Å²) < 4.78 is 24.3. The van der Waals surface area contributed by atoms with Crippen molar-refractivity contribution in [2.45, 2.75) is 25.7 Å². The summed E-state index contributed by atoms with van der Waals surface area (Å²) in [7, 11) is 0. The molecule has 0 bridgehead atoms. The van der Waals surface area contributed by atoms with E-state index in [9.17, 15) is 8.78 Å². The average Bonchev–Trinajstić information content (AvgIpc) is 1.89. The van der Waals surface area contributed by atoms with E-state index < -0.39 is 12.5 Å². The Hall–Kier alpha value is -0.440. The second kappa shape index (κ2) is 4.39. The lowest BCUT2D eigenvalue weighted by atomic mass is 10.2. The van der Waals surface area contributed by atoms with Crippen molar-refractivity contribution in [1.29, 1.82) is 0 Å². The number of aliphatic hydroxyl groups is 1. The van der Waals surface area contributed by atoms with Gasteiger partial charge < -0.3 is 5.11 Å². The first-order valence-electron chi connectivity index (χ1n) is 3.29. The third kappa shape index (κ3) is 4.44. The molecule has 0 aromatic rings. The highest BCUT2D eigenvalue weighted by atomic mass is 19.3. The molecule has 0 atom stereocenters. The molecule has 60 valence electrons. The van der Waals surface area contributed by atoms with Crippen LogP contribution in [0, 0.1) is 0 Å². The summed E-state index contributed by atoms with van der Waals surface area (Å²) >= 11 is 0. The van der Waals surface area contributed by atoms with E-state index in [1.807, 2.05) is 6.92 Å². The molecule has 0 unspecified atom stereocenters. The highest BCUT2D eigenvalue weighted by molar-refractivity contribution is 4.93. The Balaban J connectivity index is 3.63. The summed E-state index contributed by atoms with van der Waals surface area (Å²) in [4.78, 5) is 0. The molecule has 1 N–H and O–H groups in total. The first kappa shape index (κ1) is 9.56. The average molecular weight is 150 g/mol. The number of unbranched alkanes of at least 4 members (excludes halogenated alkanes) is 1. The third-order valence-electron chi connectivity index (χ3n) is 1.03. The topological polar surface area (TPSA) is 20.2 Å². The van der Waals surface area contributed by atoms with Gasteiger partial charge in [-0.1, -0.05) is 19.4 Å². The quantitative estimate of drug-likeness (QED) is 0.607. The van der Waals surface area contributed by atoms with Crippen molar-refractivity contribution < 1.29 is 13.9 Å². The minimum atomic E-state index is -3.03. The van der Waals surface area contributed by atoms with Crippen LogP contribution in [0.4, 0.5) is 8.78 Å². The summed E-state index contributed by atoms with van der Waals surface area (Å²) in [6, 6.07) is 0. The second-order valence-electron chi connectivity index (χ2n) is 2.11. The van der Waals surface area contributed by atoms with Gasteiger partial charge in [-0.25, -0.2) is 0 Å². The minimum absolute atomic E-state index is 0.635. The SMILES string of the molecule is CCC/C=C/C(F)(F)CO. The molecule has 0 aliphatic carbocycles. The summed E-state index contributed by atoms with van der Waals surface area (Å²) in [5.74, 6) is -3.03. The van der Waals surface area contributed by atoms with Crippen LogP contribution < -0.4 is 0 Å². The molecule has 0 rings (SSSR count). The fourth-order valence-corrected chi connectivity index (χ4v) is 0.475. The van der Waals surface area contributed by atoms with Crippen LogP contribution in [0.5, 0.6) is 0 Å². The molecule has 1 nitrogen and oxygen atoms in total. The van der Waals surface area contributed by atoms with Crippen LogP contribution in [0.3, 0.4) is 0 Å². The zero-order chi connectivity index (χ0) is 8.04. The second-order valence-corrected chi connectivity index (χ2v) is 2.11. The van der Waals surface area contributed by atoms with E-state index >= 15 is 0 Å². The first-order valence-corrected chi connectivity index (χ1v) is 3.29. The monoisotopic (exact) mass is 150 g/mol. The smallest absolute Gasteiger partial charge is 0.289 e. The van der Waals surface area contributed by atoms with Gasteiger partial charge in [0.15, 0.2) is 0 Å². The molecule has 3 heteroatoms. The molecule has 0 aromatic heterocycles. The van der Waals surface area contributed by atoms with Crippen molar-refractivity contribution in [2.24, 2.45) is 0 Å². The van der Waals surface area contributed by atoms with Crippen LogP contribution in [0.2, 0.25) is 0 Å². The third-order valence-corrected chi connectivity index (χ3v) is 1.03. The maximum absolute atomic E-state index is 12.1. The standard InChI is InChI=1S/C7H12F2O/c1-2-3-4-5-7(8,9)6-10/h4-5,10H,2-3,6H2,1H3/b5-4+. The Morgan fingerprint density at radius 3 is 2.50 bits per heavy atom. The lowest BCUT2D eigenvalue weighted by Crippen LogP contribution is -2.17. The normalized spacial score (nSPS) is 12.8. The van der Waals surface area contributed by atoms with Crippen LogP contribution >= 0.6 is 0 Å². The van der Waals surface area contributed by atoms with Gasteiger partial charge in [0.1, 0.15) is 6.61 Å². The van der Waals surface area contributed by atoms with Crippen LogP contribution in [0.15, 0.2) is 12.2 Å². The lowest BCUT2D eigenvalue weighted by Gasteiger charge is -2.05. The summed E-state index contributed by atoms with van der Waals surface area (Å²) in [5, 5.41) is 8.09. The molecule has 0 saturated heterocycles. The van der Waals surface area contributed by atoms with Crippen LogP contribution in [0.25, 0.3) is 0 Å². The van der Waals surface area contributed by atoms with Crippen LogP contribution in [-0.4, -0.2) is 17.6 Å². The van der Waals surface area contributed by atoms with Crippen molar-refractivity contribution in [3.05, 3.63) is 12.2 Å². The Morgan fingerprint density at radius 1 is 1.50 bits per heavy atom. The number of allylic oxidation sites excluding steroid dienone is 1. The largest absolute Gasteiger partial charge is 0.390 e. The summed E-state index contributed by atoms with van der Waals surface area (Å²) in [5.41, 5.74) is 0. The Morgan fingerprint density at radius 2 is 2.10 bits per heavy atom. The van der Waals surface area contributed by atoms with Gasteiger partial charge in [0.25, 0.3) is 5.92 Å². The van der Waals surface area contributed by atoms with E-state index in [4.69, 9.17) is 5.11 Å². The zero-order valence-electron chi connectivity index (χ0n) is 5.98. The molecule has 0 amide bonds. The van der Waals surface area contributed by atoms with Crippen LogP contribution in [0.1, 0.15) is 19.8 Å². The molecular weight excluding hydrogens is 138 g/mol. The summed E-state index contributed by atoms with van der Waals surface area (Å²) in [6.07, 6.45) is 3.61. The van der Waals surface area contributed by atoms with E-state index in [0.717, 1.165) is 12.5 Å². The predicted molar refractivity (Wildman–Crippen MR) is 36.1 cm³/mol. The van der Waals surface area contributed by atoms with E-state index in [1.54, 1.807) is 0 Å². The number of rotatable bonds is 4. The Bertz CT molecular complexity index is 110. The van der Waals surface area contributed by atoms with Gasteiger partial charge in [-0.2, -0.15) is 8.78 Å². The molecule has 0 radical (unpaired) electrons. The molecule has 0 aliphatic rings. The molecular formula is C7H12F2O. The number of alkyl halides is 2. The van der Waals surface area contributed by atoms with Crippen LogP contribution in [-0.2, 0) is 0 Å². The van der Waals surface area contributed by atoms with E-state index in [2.05, 4.69) is 0 Å². The highest BCUT2D eigenvalue weighted by Crippen LogP contribution is 2.13. The predicted octanol–water partition coefficient (Wildman–Crippen LogP) is 1.97. The van der Waals surface area contributed by atoms with E-state index in [1.165, 1.54) is 6.08 Å². The number of hydrogen-bond donors (Lipinski definition) is 1. The molecule has 0 aromatic carbocycles. The molecule has 10 heavy (non-hydrogen) atoms. The van der Waals surface area contributed by atoms with Gasteiger partial charge >= 0.3 is 0 Å². The van der Waals surface area contributed by atoms with Crippen molar-refractivity contribution in [3.8, 4) is 0 Å². The minimum Gasteiger partial charge on any atom is -0.390 e. The first-order chi connectivity index (χ1) is 4.62. The molecule has 0 saturated carbocycles. The van der Waals surface area contributed by atoms with Gasteiger partial charge in [-0.3, -0.25) is 0 Å². The van der Waals surface area contributed by atoms with E-state index in [0.29, 0.717) is 6.42 Å². The molecule has 0 spiro atoms. The van der Waals surface area contributed by atoms with Crippen molar-refractivity contribution in [3.63, 3.8) is 0 Å². The van der Waals surface area contributed by atoms with Gasteiger partial charge in [-0.05, 0) is 12.5 Å². The lowest BCUT2D eigenvalue weighted by molar-refractivity contribution is -0.00504. The highest BCUT2D eigenvalue weighted by Gasteiger charge is 2.22. The molecule has 0 aliphatic heterocycles. The Kier molecular flexibility index (Phi) is 4.19. The van der Waals surface area contributed by atoms with Crippen molar-refractivity contribution >= 4 is 0 Å². The fraction of sp³-hybridized carbons (Fsp3) is 0.714. The fourth-order valence-electron chi connectivity index (χ4n) is 0.475.